The summed E-state index contributed by atoms with van der Waals surface area (Å²) in [7, 11) is 5.87. The van der Waals surface area contributed by atoms with E-state index in [9.17, 15) is 0 Å². The molecule has 1 aromatic carbocycles. The average molecular weight is 346 g/mol. The van der Waals surface area contributed by atoms with Crippen LogP contribution >= 0.6 is 0 Å². The third kappa shape index (κ3) is 4.67. The van der Waals surface area contributed by atoms with Crippen LogP contribution in [0.15, 0.2) is 34.9 Å². The van der Waals surface area contributed by atoms with Crippen LogP contribution in [0.5, 0.6) is 17.2 Å². The highest BCUT2D eigenvalue weighted by Crippen LogP contribution is 2.38. The van der Waals surface area contributed by atoms with Gasteiger partial charge in [-0.2, -0.15) is 0 Å². The smallest absolute Gasteiger partial charge is 0.231 e. The summed E-state index contributed by atoms with van der Waals surface area (Å²) in [4.78, 5) is 4.56. The molecular weight excluding hydrogens is 320 g/mol. The van der Waals surface area contributed by atoms with E-state index in [-0.39, 0.29) is 6.79 Å². The molecule has 0 bridgehead atoms. The molecule has 0 atom stereocenters. The molecule has 1 aromatic heterocycles. The zero-order chi connectivity index (χ0) is 17.6. The van der Waals surface area contributed by atoms with Crippen molar-refractivity contribution in [2.75, 3.05) is 41.1 Å². The largest absolute Gasteiger partial charge is 0.496 e. The number of benzene rings is 1. The summed E-state index contributed by atoms with van der Waals surface area (Å²) in [5, 5.41) is 0. The van der Waals surface area contributed by atoms with Crippen LogP contribution in [-0.4, -0.2) is 50.9 Å². The number of furan rings is 1. The van der Waals surface area contributed by atoms with Crippen LogP contribution in [0.25, 0.3) is 0 Å². The maximum Gasteiger partial charge on any atom is 0.231 e. The Morgan fingerprint density at radius 1 is 1.08 bits per heavy atom. The first-order valence-electron chi connectivity index (χ1n) is 8.51. The summed E-state index contributed by atoms with van der Waals surface area (Å²) in [5.41, 5.74) is 1.09. The highest BCUT2D eigenvalue weighted by molar-refractivity contribution is 5.51. The summed E-state index contributed by atoms with van der Waals surface area (Å²) in [6.07, 6.45) is 2.80. The minimum absolute atomic E-state index is 0.265. The van der Waals surface area contributed by atoms with Crippen molar-refractivity contribution < 1.29 is 18.6 Å². The van der Waals surface area contributed by atoms with E-state index in [0.717, 1.165) is 61.2 Å². The SMILES string of the molecule is COc1cc2c(cc1CN(CCCN(C)C)Cc1ccco1)OCO2. The summed E-state index contributed by atoms with van der Waals surface area (Å²) >= 11 is 0. The van der Waals surface area contributed by atoms with Gasteiger partial charge in [-0.1, -0.05) is 0 Å². The van der Waals surface area contributed by atoms with Gasteiger partial charge in [-0.3, -0.25) is 4.90 Å². The fourth-order valence-corrected chi connectivity index (χ4v) is 2.97. The third-order valence-electron chi connectivity index (χ3n) is 4.21. The summed E-state index contributed by atoms with van der Waals surface area (Å²) < 4.78 is 22.0. The van der Waals surface area contributed by atoms with E-state index in [2.05, 4.69) is 23.9 Å². The molecule has 0 aliphatic carbocycles. The molecule has 6 nitrogen and oxygen atoms in total. The predicted octanol–water partition coefficient (Wildman–Crippen LogP) is 2.97. The van der Waals surface area contributed by atoms with Crippen LogP contribution in [0.4, 0.5) is 0 Å². The van der Waals surface area contributed by atoms with Crippen LogP contribution in [0, 0.1) is 0 Å². The molecule has 1 aliphatic rings. The fourth-order valence-electron chi connectivity index (χ4n) is 2.97. The molecule has 0 radical (unpaired) electrons. The van der Waals surface area contributed by atoms with Gasteiger partial charge in [-0.05, 0) is 45.3 Å². The number of nitrogens with zero attached hydrogens (tertiary/aromatic N) is 2. The van der Waals surface area contributed by atoms with Crippen LogP contribution in [0.1, 0.15) is 17.7 Å². The van der Waals surface area contributed by atoms with Gasteiger partial charge in [0.15, 0.2) is 11.5 Å². The molecule has 136 valence electrons. The van der Waals surface area contributed by atoms with Crippen molar-refractivity contribution in [3.63, 3.8) is 0 Å². The van der Waals surface area contributed by atoms with Gasteiger partial charge in [0.2, 0.25) is 6.79 Å². The van der Waals surface area contributed by atoms with Crippen molar-refractivity contribution in [1.82, 2.24) is 9.80 Å². The lowest BCUT2D eigenvalue weighted by atomic mass is 10.1. The first-order chi connectivity index (χ1) is 12.2. The first kappa shape index (κ1) is 17.6. The number of hydrogen-bond donors (Lipinski definition) is 0. The molecule has 0 fully saturated rings. The summed E-state index contributed by atoms with van der Waals surface area (Å²) in [6, 6.07) is 7.86. The normalized spacial score (nSPS) is 13.0. The van der Waals surface area contributed by atoms with Gasteiger partial charge in [0.1, 0.15) is 11.5 Å². The zero-order valence-electron chi connectivity index (χ0n) is 15.2. The van der Waals surface area contributed by atoms with Crippen molar-refractivity contribution in [2.24, 2.45) is 0 Å². The van der Waals surface area contributed by atoms with Gasteiger partial charge < -0.3 is 23.5 Å². The van der Waals surface area contributed by atoms with E-state index in [1.165, 1.54) is 0 Å². The van der Waals surface area contributed by atoms with Crippen molar-refractivity contribution in [3.8, 4) is 17.2 Å². The van der Waals surface area contributed by atoms with E-state index >= 15 is 0 Å². The lowest BCUT2D eigenvalue weighted by Gasteiger charge is -2.23. The Balaban J connectivity index is 1.74. The predicted molar refractivity (Wildman–Crippen MR) is 95.1 cm³/mol. The molecule has 25 heavy (non-hydrogen) atoms. The van der Waals surface area contributed by atoms with Crippen molar-refractivity contribution >= 4 is 0 Å². The molecule has 0 N–H and O–H groups in total. The van der Waals surface area contributed by atoms with Gasteiger partial charge in [0, 0.05) is 24.7 Å². The average Bonchev–Trinajstić information content (AvgIpc) is 3.24. The maximum atomic E-state index is 5.56. The lowest BCUT2D eigenvalue weighted by molar-refractivity contribution is 0.173. The standard InChI is InChI=1S/C19H26N2O4/c1-20(2)7-5-8-21(13-16-6-4-9-23-16)12-15-10-18-19(25-14-24-18)11-17(15)22-3/h4,6,9-11H,5,7-8,12-14H2,1-3H3. The lowest BCUT2D eigenvalue weighted by Crippen LogP contribution is -2.27. The fraction of sp³-hybridized carbons (Fsp3) is 0.474. The molecule has 0 saturated carbocycles. The van der Waals surface area contributed by atoms with E-state index in [0.29, 0.717) is 0 Å². The molecule has 3 rings (SSSR count). The van der Waals surface area contributed by atoms with Crippen molar-refractivity contribution in [3.05, 3.63) is 41.9 Å². The zero-order valence-corrected chi connectivity index (χ0v) is 15.2. The second-order valence-corrected chi connectivity index (χ2v) is 6.46. The van der Waals surface area contributed by atoms with Gasteiger partial charge in [-0.25, -0.2) is 0 Å². The van der Waals surface area contributed by atoms with E-state index in [1.807, 2.05) is 24.3 Å². The Labute approximate surface area is 148 Å². The number of methoxy groups -OCH3 is 1. The summed E-state index contributed by atoms with van der Waals surface area (Å²) in [5.74, 6) is 3.30. The molecule has 0 unspecified atom stereocenters. The quantitative estimate of drug-likeness (QED) is 0.696. The Kier molecular flexibility index (Phi) is 5.83. The number of ether oxygens (including phenoxy) is 3. The van der Waals surface area contributed by atoms with Gasteiger partial charge in [0.05, 0.1) is 19.9 Å². The maximum absolute atomic E-state index is 5.56. The molecule has 1 aliphatic heterocycles. The number of rotatable bonds is 9. The number of hydrogen-bond acceptors (Lipinski definition) is 6. The minimum Gasteiger partial charge on any atom is -0.496 e. The molecule has 0 spiro atoms. The summed E-state index contributed by atoms with van der Waals surface area (Å²) in [6.45, 7) is 3.80. The minimum atomic E-state index is 0.265. The topological polar surface area (TPSA) is 47.3 Å². The second-order valence-electron chi connectivity index (χ2n) is 6.46. The van der Waals surface area contributed by atoms with Crippen LogP contribution in [0.2, 0.25) is 0 Å². The van der Waals surface area contributed by atoms with Gasteiger partial charge >= 0.3 is 0 Å². The van der Waals surface area contributed by atoms with E-state index in [1.54, 1.807) is 13.4 Å². The van der Waals surface area contributed by atoms with Gasteiger partial charge in [-0.15, -0.1) is 0 Å². The molecule has 0 amide bonds. The molecular formula is C19H26N2O4. The first-order valence-corrected chi connectivity index (χ1v) is 8.51. The van der Waals surface area contributed by atoms with Crippen LogP contribution < -0.4 is 14.2 Å². The van der Waals surface area contributed by atoms with E-state index < -0.39 is 0 Å². The molecule has 2 aromatic rings. The van der Waals surface area contributed by atoms with E-state index in [4.69, 9.17) is 18.6 Å². The van der Waals surface area contributed by atoms with Crippen LogP contribution in [0.3, 0.4) is 0 Å². The Hall–Kier alpha value is -2.18. The monoisotopic (exact) mass is 346 g/mol. The Bertz CT molecular complexity index is 670. The molecule has 6 heteroatoms. The second kappa shape index (κ2) is 8.27. The highest BCUT2D eigenvalue weighted by atomic mass is 16.7. The number of fused-ring (bicyclic) bond motifs is 1. The molecule has 2 heterocycles. The molecule has 0 saturated heterocycles. The van der Waals surface area contributed by atoms with Crippen LogP contribution in [-0.2, 0) is 13.1 Å². The van der Waals surface area contributed by atoms with Gasteiger partial charge in [0.25, 0.3) is 0 Å². The van der Waals surface area contributed by atoms with Crippen molar-refractivity contribution in [1.29, 1.82) is 0 Å². The third-order valence-corrected chi connectivity index (χ3v) is 4.21. The Morgan fingerprint density at radius 2 is 1.88 bits per heavy atom. The Morgan fingerprint density at radius 3 is 2.56 bits per heavy atom. The highest BCUT2D eigenvalue weighted by Gasteiger charge is 2.19. The van der Waals surface area contributed by atoms with Crippen molar-refractivity contribution in [2.45, 2.75) is 19.5 Å².